The zero-order chi connectivity index (χ0) is 17.5. The summed E-state index contributed by atoms with van der Waals surface area (Å²) in [5.41, 5.74) is 5.96. The minimum atomic E-state index is -0.112. The van der Waals surface area contributed by atoms with Crippen molar-refractivity contribution < 1.29 is 4.79 Å². The van der Waals surface area contributed by atoms with Gasteiger partial charge in [-0.1, -0.05) is 76.6 Å². The summed E-state index contributed by atoms with van der Waals surface area (Å²) in [5, 5.41) is 1.94. The van der Waals surface area contributed by atoms with Gasteiger partial charge >= 0.3 is 0 Å². The van der Waals surface area contributed by atoms with Gasteiger partial charge in [-0.2, -0.15) is 0 Å². The van der Waals surface area contributed by atoms with Crippen molar-refractivity contribution in [1.82, 2.24) is 10.4 Å². The molecule has 3 rings (SSSR count). The van der Waals surface area contributed by atoms with Crippen LogP contribution < -0.4 is 5.43 Å². The van der Waals surface area contributed by atoms with E-state index in [2.05, 4.69) is 45.6 Å². The highest BCUT2D eigenvalue weighted by Crippen LogP contribution is 2.12. The third-order valence-electron chi connectivity index (χ3n) is 3.80. The topological polar surface area (TPSA) is 32.3 Å². The number of benzene rings is 3. The number of carbonyl (C=O) groups is 1. The summed E-state index contributed by atoms with van der Waals surface area (Å²) >= 11 is 3.39. The maximum absolute atomic E-state index is 12.6. The number of nitrogens with zero attached hydrogens (tertiary/aromatic N) is 1. The molecule has 4 heteroatoms. The molecule has 0 aliphatic rings. The van der Waals surface area contributed by atoms with Crippen LogP contribution in [-0.2, 0) is 13.1 Å². The SMILES string of the molecule is O=C(NN(Cc1ccccc1)Cc1ccccc1)c1ccc(Br)cc1. The first kappa shape index (κ1) is 17.4. The Morgan fingerprint density at radius 2 is 1.24 bits per heavy atom. The van der Waals surface area contributed by atoms with Crippen LogP contribution >= 0.6 is 15.9 Å². The molecule has 0 saturated carbocycles. The van der Waals surface area contributed by atoms with E-state index >= 15 is 0 Å². The molecule has 3 aromatic rings. The van der Waals surface area contributed by atoms with Crippen molar-refractivity contribution in [3.8, 4) is 0 Å². The summed E-state index contributed by atoms with van der Waals surface area (Å²) < 4.78 is 0.953. The lowest BCUT2D eigenvalue weighted by Gasteiger charge is -2.23. The van der Waals surface area contributed by atoms with Crippen LogP contribution in [0.5, 0.6) is 0 Å². The van der Waals surface area contributed by atoms with Crippen LogP contribution in [0.3, 0.4) is 0 Å². The molecule has 25 heavy (non-hydrogen) atoms. The molecule has 0 aliphatic heterocycles. The standard InChI is InChI=1S/C21H19BrN2O/c22-20-13-11-19(12-14-20)21(25)23-24(15-17-7-3-1-4-8-17)16-18-9-5-2-6-10-18/h1-14H,15-16H2,(H,23,25). The van der Waals surface area contributed by atoms with Crippen LogP contribution in [0, 0.1) is 0 Å². The molecule has 0 bridgehead atoms. The molecule has 1 N–H and O–H groups in total. The average Bonchev–Trinajstić information content (AvgIpc) is 2.64. The molecule has 126 valence electrons. The molecular weight excluding hydrogens is 376 g/mol. The first-order valence-electron chi connectivity index (χ1n) is 8.10. The van der Waals surface area contributed by atoms with E-state index in [1.165, 1.54) is 0 Å². The Kier molecular flexibility index (Phi) is 5.99. The summed E-state index contributed by atoms with van der Waals surface area (Å²) in [6, 6.07) is 27.6. The fourth-order valence-electron chi connectivity index (χ4n) is 2.55. The third kappa shape index (κ3) is 5.28. The molecular formula is C21H19BrN2O. The Balaban J connectivity index is 1.75. The number of hydrogen-bond donors (Lipinski definition) is 1. The molecule has 0 aromatic heterocycles. The van der Waals surface area contributed by atoms with Crippen LogP contribution in [0.15, 0.2) is 89.4 Å². The van der Waals surface area contributed by atoms with Gasteiger partial charge < -0.3 is 0 Å². The summed E-state index contributed by atoms with van der Waals surface area (Å²) in [6.07, 6.45) is 0. The summed E-state index contributed by atoms with van der Waals surface area (Å²) in [4.78, 5) is 12.6. The van der Waals surface area contributed by atoms with E-state index in [0.717, 1.165) is 15.6 Å². The molecule has 3 aromatic carbocycles. The van der Waals surface area contributed by atoms with Crippen molar-refractivity contribution in [2.45, 2.75) is 13.1 Å². The summed E-state index contributed by atoms with van der Waals surface area (Å²) in [6.45, 7) is 1.27. The smallest absolute Gasteiger partial charge is 0.265 e. The zero-order valence-electron chi connectivity index (χ0n) is 13.7. The Hall–Kier alpha value is -2.43. The van der Waals surface area contributed by atoms with E-state index in [1.807, 2.05) is 65.7 Å². The molecule has 3 nitrogen and oxygen atoms in total. The van der Waals surface area contributed by atoms with Gasteiger partial charge in [0.05, 0.1) is 0 Å². The molecule has 0 spiro atoms. The second-order valence-corrected chi connectivity index (χ2v) is 6.69. The largest absolute Gasteiger partial charge is 0.284 e. The molecule has 0 aliphatic carbocycles. The van der Waals surface area contributed by atoms with Crippen LogP contribution in [-0.4, -0.2) is 10.9 Å². The number of halogens is 1. The number of rotatable bonds is 6. The number of nitrogens with one attached hydrogen (secondary N) is 1. The van der Waals surface area contributed by atoms with Gasteiger partial charge in [0.25, 0.3) is 5.91 Å². The van der Waals surface area contributed by atoms with Crippen molar-refractivity contribution in [2.75, 3.05) is 0 Å². The summed E-state index contributed by atoms with van der Waals surface area (Å²) in [7, 11) is 0. The molecule has 0 atom stereocenters. The Morgan fingerprint density at radius 1 is 0.760 bits per heavy atom. The predicted octanol–water partition coefficient (Wildman–Crippen LogP) is 4.80. The Morgan fingerprint density at radius 3 is 1.72 bits per heavy atom. The Bertz CT molecular complexity index is 763. The minimum absolute atomic E-state index is 0.112. The van der Waals surface area contributed by atoms with E-state index in [9.17, 15) is 4.79 Å². The van der Waals surface area contributed by atoms with Gasteiger partial charge in [-0.3, -0.25) is 10.2 Å². The molecule has 0 saturated heterocycles. The van der Waals surface area contributed by atoms with Crippen LogP contribution in [0.25, 0.3) is 0 Å². The van der Waals surface area contributed by atoms with Gasteiger partial charge in [0.15, 0.2) is 0 Å². The van der Waals surface area contributed by atoms with Crippen molar-refractivity contribution in [3.05, 3.63) is 106 Å². The second-order valence-electron chi connectivity index (χ2n) is 5.78. The van der Waals surface area contributed by atoms with E-state index in [4.69, 9.17) is 0 Å². The average molecular weight is 395 g/mol. The number of amides is 1. The van der Waals surface area contributed by atoms with Crippen LogP contribution in [0.2, 0.25) is 0 Å². The lowest BCUT2D eigenvalue weighted by molar-refractivity contribution is 0.0759. The van der Waals surface area contributed by atoms with Gasteiger partial charge in [0, 0.05) is 23.1 Å². The second kappa shape index (κ2) is 8.60. The predicted molar refractivity (Wildman–Crippen MR) is 104 cm³/mol. The minimum Gasteiger partial charge on any atom is -0.284 e. The number of hydrogen-bond acceptors (Lipinski definition) is 2. The highest BCUT2D eigenvalue weighted by molar-refractivity contribution is 9.10. The van der Waals surface area contributed by atoms with Gasteiger partial charge in [0.1, 0.15) is 0 Å². The molecule has 0 radical (unpaired) electrons. The lowest BCUT2D eigenvalue weighted by atomic mass is 10.2. The van der Waals surface area contributed by atoms with Crippen molar-refractivity contribution in [3.63, 3.8) is 0 Å². The molecule has 1 amide bonds. The fourth-order valence-corrected chi connectivity index (χ4v) is 2.82. The van der Waals surface area contributed by atoms with Crippen LogP contribution in [0.4, 0.5) is 0 Å². The fraction of sp³-hybridized carbons (Fsp3) is 0.0952. The van der Waals surface area contributed by atoms with Gasteiger partial charge in [-0.25, -0.2) is 5.01 Å². The van der Waals surface area contributed by atoms with Crippen molar-refractivity contribution in [1.29, 1.82) is 0 Å². The molecule has 0 unspecified atom stereocenters. The van der Waals surface area contributed by atoms with Crippen LogP contribution in [0.1, 0.15) is 21.5 Å². The van der Waals surface area contributed by atoms with Crippen molar-refractivity contribution in [2.24, 2.45) is 0 Å². The first-order valence-corrected chi connectivity index (χ1v) is 8.89. The lowest BCUT2D eigenvalue weighted by Crippen LogP contribution is -2.41. The first-order chi connectivity index (χ1) is 12.2. The van der Waals surface area contributed by atoms with E-state index < -0.39 is 0 Å². The van der Waals surface area contributed by atoms with Gasteiger partial charge in [-0.05, 0) is 35.4 Å². The maximum Gasteiger partial charge on any atom is 0.265 e. The normalized spacial score (nSPS) is 10.6. The maximum atomic E-state index is 12.6. The van der Waals surface area contributed by atoms with Gasteiger partial charge in [-0.15, -0.1) is 0 Å². The highest BCUT2D eigenvalue weighted by atomic mass is 79.9. The number of carbonyl (C=O) groups excluding carboxylic acids is 1. The Labute approximate surface area is 156 Å². The van der Waals surface area contributed by atoms with E-state index in [0.29, 0.717) is 18.7 Å². The molecule has 0 fully saturated rings. The monoisotopic (exact) mass is 394 g/mol. The van der Waals surface area contributed by atoms with Crippen molar-refractivity contribution >= 4 is 21.8 Å². The van der Waals surface area contributed by atoms with E-state index in [-0.39, 0.29) is 5.91 Å². The quantitative estimate of drug-likeness (QED) is 0.609. The molecule has 0 heterocycles. The number of hydrazine groups is 1. The van der Waals surface area contributed by atoms with E-state index in [1.54, 1.807) is 0 Å². The van der Waals surface area contributed by atoms with Gasteiger partial charge in [0.2, 0.25) is 0 Å². The summed E-state index contributed by atoms with van der Waals surface area (Å²) in [5.74, 6) is -0.112. The third-order valence-corrected chi connectivity index (χ3v) is 4.33. The zero-order valence-corrected chi connectivity index (χ0v) is 15.3. The highest BCUT2D eigenvalue weighted by Gasteiger charge is 2.12.